The molecule has 2 atom stereocenters. The number of nitrogens with one attached hydrogen (secondary N) is 1. The highest BCUT2D eigenvalue weighted by molar-refractivity contribution is 6.20. The minimum absolute atomic E-state index is 0.438. The summed E-state index contributed by atoms with van der Waals surface area (Å²) in [7, 11) is 0. The van der Waals surface area contributed by atoms with Gasteiger partial charge in [-0.1, -0.05) is 19.3 Å². The van der Waals surface area contributed by atoms with Gasteiger partial charge >= 0.3 is 0 Å². The lowest BCUT2D eigenvalue weighted by molar-refractivity contribution is 0.236. The Labute approximate surface area is 86.2 Å². The van der Waals surface area contributed by atoms with Crippen LogP contribution in [0.15, 0.2) is 0 Å². The first-order chi connectivity index (χ1) is 6.36. The Balaban J connectivity index is 1.83. The third kappa shape index (κ3) is 2.60. The molecule has 1 heterocycles. The summed E-state index contributed by atoms with van der Waals surface area (Å²) in [4.78, 5) is 0. The van der Waals surface area contributed by atoms with Crippen molar-refractivity contribution in [1.29, 1.82) is 0 Å². The zero-order valence-electron chi connectivity index (χ0n) is 8.27. The summed E-state index contributed by atoms with van der Waals surface area (Å²) in [5.41, 5.74) is 0. The normalized spacial score (nSPS) is 37.6. The van der Waals surface area contributed by atoms with E-state index in [-0.39, 0.29) is 0 Å². The summed E-state index contributed by atoms with van der Waals surface area (Å²) in [6.45, 7) is 1.13. The van der Waals surface area contributed by atoms with Crippen LogP contribution in [0.2, 0.25) is 0 Å². The Morgan fingerprint density at radius 2 is 1.77 bits per heavy atom. The molecule has 0 amide bonds. The molecule has 0 aromatic rings. The number of hydrogen-bond acceptors (Lipinski definition) is 1. The van der Waals surface area contributed by atoms with Crippen molar-refractivity contribution < 1.29 is 0 Å². The lowest BCUT2D eigenvalue weighted by atomic mass is 9.81. The number of piperidine rings is 1. The number of hydrogen-bond donors (Lipinski definition) is 1. The van der Waals surface area contributed by atoms with Crippen LogP contribution >= 0.6 is 11.6 Å². The van der Waals surface area contributed by atoms with E-state index in [4.69, 9.17) is 11.6 Å². The van der Waals surface area contributed by atoms with Crippen LogP contribution in [0.1, 0.15) is 44.9 Å². The largest absolute Gasteiger partial charge is 0.314 e. The first-order valence-corrected chi connectivity index (χ1v) is 6.17. The van der Waals surface area contributed by atoms with E-state index in [1.807, 2.05) is 0 Å². The summed E-state index contributed by atoms with van der Waals surface area (Å²) in [6.07, 6.45) is 9.55. The Hall–Kier alpha value is 0.250. The Kier molecular flexibility index (Phi) is 3.51. The number of rotatable bonds is 1. The molecule has 2 fully saturated rings. The summed E-state index contributed by atoms with van der Waals surface area (Å²) in [5, 5.41) is 4.07. The molecule has 2 heteroatoms. The van der Waals surface area contributed by atoms with Crippen molar-refractivity contribution in [2.75, 3.05) is 6.54 Å². The zero-order valence-corrected chi connectivity index (χ0v) is 9.02. The predicted octanol–water partition coefficient (Wildman–Crippen LogP) is 2.93. The number of alkyl halides is 1. The van der Waals surface area contributed by atoms with Gasteiger partial charge in [0.05, 0.1) is 0 Å². The molecule has 1 aliphatic carbocycles. The first-order valence-electron chi connectivity index (χ1n) is 5.74. The number of halogens is 1. The van der Waals surface area contributed by atoms with Crippen LogP contribution in [-0.2, 0) is 0 Å². The van der Waals surface area contributed by atoms with Crippen molar-refractivity contribution in [3.8, 4) is 0 Å². The molecule has 2 aliphatic rings. The van der Waals surface area contributed by atoms with Gasteiger partial charge in [-0.3, -0.25) is 0 Å². The maximum atomic E-state index is 6.19. The molecule has 0 aromatic carbocycles. The third-order valence-corrected chi connectivity index (χ3v) is 3.99. The molecule has 0 aromatic heterocycles. The smallest absolute Gasteiger partial charge is 0.0363 e. The topological polar surface area (TPSA) is 12.0 Å². The molecule has 1 aliphatic heterocycles. The van der Waals surface area contributed by atoms with E-state index >= 15 is 0 Å². The molecular formula is C11H20ClN. The Morgan fingerprint density at radius 1 is 1.00 bits per heavy atom. The predicted molar refractivity (Wildman–Crippen MR) is 57.2 cm³/mol. The van der Waals surface area contributed by atoms with Gasteiger partial charge in [0.25, 0.3) is 0 Å². The molecule has 0 bridgehead atoms. The van der Waals surface area contributed by atoms with Crippen molar-refractivity contribution in [2.24, 2.45) is 5.92 Å². The molecule has 2 unspecified atom stereocenters. The highest BCUT2D eigenvalue weighted by Crippen LogP contribution is 2.30. The molecule has 13 heavy (non-hydrogen) atoms. The zero-order chi connectivity index (χ0) is 9.10. The van der Waals surface area contributed by atoms with Gasteiger partial charge in [0.15, 0.2) is 0 Å². The van der Waals surface area contributed by atoms with Gasteiger partial charge < -0.3 is 5.32 Å². The molecular weight excluding hydrogens is 182 g/mol. The van der Waals surface area contributed by atoms with E-state index < -0.39 is 0 Å². The summed E-state index contributed by atoms with van der Waals surface area (Å²) in [5.74, 6) is 0.926. The fourth-order valence-electron chi connectivity index (χ4n) is 2.80. The average molecular weight is 202 g/mol. The van der Waals surface area contributed by atoms with Gasteiger partial charge in [-0.2, -0.15) is 0 Å². The van der Waals surface area contributed by atoms with E-state index in [0.29, 0.717) is 5.38 Å². The van der Waals surface area contributed by atoms with Crippen LogP contribution in [0.4, 0.5) is 0 Å². The van der Waals surface area contributed by atoms with Crippen molar-refractivity contribution in [1.82, 2.24) is 5.32 Å². The highest BCUT2D eigenvalue weighted by Gasteiger charge is 2.27. The monoisotopic (exact) mass is 201 g/mol. The second-order valence-electron chi connectivity index (χ2n) is 4.58. The minimum atomic E-state index is 0.438. The SMILES string of the molecule is ClC1CCNC(C2CCCCC2)C1. The fraction of sp³-hybridized carbons (Fsp3) is 1.00. The lowest BCUT2D eigenvalue weighted by Crippen LogP contribution is -2.44. The Bertz CT molecular complexity index is 154. The second kappa shape index (κ2) is 4.65. The maximum Gasteiger partial charge on any atom is 0.0363 e. The van der Waals surface area contributed by atoms with Crippen LogP contribution in [0.3, 0.4) is 0 Å². The van der Waals surface area contributed by atoms with Crippen LogP contribution in [0, 0.1) is 5.92 Å². The Morgan fingerprint density at radius 3 is 2.46 bits per heavy atom. The standard InChI is InChI=1S/C11H20ClN/c12-10-6-7-13-11(8-10)9-4-2-1-3-5-9/h9-11,13H,1-8H2. The van der Waals surface area contributed by atoms with Crippen LogP contribution in [-0.4, -0.2) is 18.0 Å². The average Bonchev–Trinajstić information content (AvgIpc) is 2.19. The van der Waals surface area contributed by atoms with E-state index in [1.165, 1.54) is 38.5 Å². The van der Waals surface area contributed by atoms with Crippen LogP contribution in [0.5, 0.6) is 0 Å². The first kappa shape index (κ1) is 9.79. The summed E-state index contributed by atoms with van der Waals surface area (Å²) in [6, 6.07) is 0.733. The summed E-state index contributed by atoms with van der Waals surface area (Å²) < 4.78 is 0. The molecule has 0 spiro atoms. The van der Waals surface area contributed by atoms with E-state index in [0.717, 1.165) is 24.9 Å². The molecule has 1 saturated carbocycles. The van der Waals surface area contributed by atoms with E-state index in [1.54, 1.807) is 0 Å². The maximum absolute atomic E-state index is 6.19. The van der Waals surface area contributed by atoms with Crippen molar-refractivity contribution >= 4 is 11.6 Å². The third-order valence-electron chi connectivity index (χ3n) is 3.59. The second-order valence-corrected chi connectivity index (χ2v) is 5.20. The van der Waals surface area contributed by atoms with Gasteiger partial charge in [0, 0.05) is 11.4 Å². The fourth-order valence-corrected chi connectivity index (χ4v) is 3.10. The highest BCUT2D eigenvalue weighted by atomic mass is 35.5. The quantitative estimate of drug-likeness (QED) is 0.644. The van der Waals surface area contributed by atoms with Gasteiger partial charge in [-0.05, 0) is 38.1 Å². The van der Waals surface area contributed by atoms with E-state index in [2.05, 4.69) is 5.32 Å². The van der Waals surface area contributed by atoms with Crippen molar-refractivity contribution in [2.45, 2.75) is 56.4 Å². The molecule has 76 valence electrons. The lowest BCUT2D eigenvalue weighted by Gasteiger charge is -2.35. The van der Waals surface area contributed by atoms with Crippen molar-refractivity contribution in [3.05, 3.63) is 0 Å². The van der Waals surface area contributed by atoms with Gasteiger partial charge in [0.1, 0.15) is 0 Å². The molecule has 0 radical (unpaired) electrons. The minimum Gasteiger partial charge on any atom is -0.314 e. The van der Waals surface area contributed by atoms with Crippen LogP contribution < -0.4 is 5.32 Å². The summed E-state index contributed by atoms with van der Waals surface area (Å²) >= 11 is 6.19. The molecule has 2 rings (SSSR count). The molecule has 1 saturated heterocycles. The molecule has 1 nitrogen and oxygen atoms in total. The van der Waals surface area contributed by atoms with Crippen LogP contribution in [0.25, 0.3) is 0 Å². The van der Waals surface area contributed by atoms with Gasteiger partial charge in [-0.25, -0.2) is 0 Å². The van der Waals surface area contributed by atoms with Gasteiger partial charge in [0.2, 0.25) is 0 Å². The van der Waals surface area contributed by atoms with Gasteiger partial charge in [-0.15, -0.1) is 11.6 Å². The molecule has 1 N–H and O–H groups in total. The van der Waals surface area contributed by atoms with E-state index in [9.17, 15) is 0 Å². The van der Waals surface area contributed by atoms with Crippen molar-refractivity contribution in [3.63, 3.8) is 0 Å².